The standard InChI is InChI=1S/C12H14O5/c1-12(2,3)17-11(15)9-6-4-8(16-9)5-7-10(13)14/h4-7H,1-3H3,(H,13,14)/b7-5+. The first-order valence-corrected chi connectivity index (χ1v) is 5.02. The van der Waals surface area contributed by atoms with Crippen LogP contribution in [0, 0.1) is 0 Å². The van der Waals surface area contributed by atoms with Gasteiger partial charge in [-0.25, -0.2) is 9.59 Å². The van der Waals surface area contributed by atoms with Gasteiger partial charge in [0.15, 0.2) is 0 Å². The van der Waals surface area contributed by atoms with Crippen molar-refractivity contribution in [3.63, 3.8) is 0 Å². The molecule has 1 heterocycles. The molecule has 0 aliphatic carbocycles. The van der Waals surface area contributed by atoms with Crippen molar-refractivity contribution in [2.75, 3.05) is 0 Å². The van der Waals surface area contributed by atoms with Gasteiger partial charge < -0.3 is 14.3 Å². The Morgan fingerprint density at radius 2 is 2.00 bits per heavy atom. The fourth-order valence-corrected chi connectivity index (χ4v) is 1.03. The van der Waals surface area contributed by atoms with Gasteiger partial charge in [0.05, 0.1) is 0 Å². The molecule has 1 rings (SSSR count). The van der Waals surface area contributed by atoms with Crippen LogP contribution in [-0.2, 0) is 9.53 Å². The van der Waals surface area contributed by atoms with E-state index in [1.54, 1.807) is 20.8 Å². The van der Waals surface area contributed by atoms with Crippen LogP contribution in [0.25, 0.3) is 6.08 Å². The summed E-state index contributed by atoms with van der Waals surface area (Å²) in [4.78, 5) is 21.8. The maximum Gasteiger partial charge on any atom is 0.374 e. The summed E-state index contributed by atoms with van der Waals surface area (Å²) in [5.41, 5.74) is -0.596. The van der Waals surface area contributed by atoms with Crippen LogP contribution in [0.15, 0.2) is 22.6 Å². The fraction of sp³-hybridized carbons (Fsp3) is 0.333. The van der Waals surface area contributed by atoms with Crippen LogP contribution < -0.4 is 0 Å². The normalized spacial score (nSPS) is 11.7. The van der Waals surface area contributed by atoms with E-state index in [0.717, 1.165) is 6.08 Å². The molecule has 0 atom stereocenters. The quantitative estimate of drug-likeness (QED) is 0.646. The average Bonchev–Trinajstić information content (AvgIpc) is 2.60. The lowest BCUT2D eigenvalue weighted by molar-refractivity contribution is -0.131. The maximum atomic E-state index is 11.6. The third kappa shape index (κ3) is 4.55. The Labute approximate surface area is 98.7 Å². The van der Waals surface area contributed by atoms with Crippen molar-refractivity contribution in [1.82, 2.24) is 0 Å². The molecule has 0 saturated carbocycles. The molecule has 17 heavy (non-hydrogen) atoms. The van der Waals surface area contributed by atoms with Crippen LogP contribution in [0.4, 0.5) is 0 Å². The van der Waals surface area contributed by atoms with Crippen molar-refractivity contribution in [2.45, 2.75) is 26.4 Å². The minimum absolute atomic E-state index is 0.0463. The van der Waals surface area contributed by atoms with E-state index in [2.05, 4.69) is 0 Å². The van der Waals surface area contributed by atoms with Crippen molar-refractivity contribution in [3.05, 3.63) is 29.7 Å². The molecule has 0 bridgehead atoms. The van der Waals surface area contributed by atoms with E-state index >= 15 is 0 Å². The molecule has 1 N–H and O–H groups in total. The van der Waals surface area contributed by atoms with Crippen molar-refractivity contribution >= 4 is 18.0 Å². The van der Waals surface area contributed by atoms with Gasteiger partial charge in [-0.3, -0.25) is 0 Å². The zero-order chi connectivity index (χ0) is 13.1. The molecular weight excluding hydrogens is 224 g/mol. The summed E-state index contributed by atoms with van der Waals surface area (Å²) in [6, 6.07) is 2.94. The van der Waals surface area contributed by atoms with E-state index in [4.69, 9.17) is 14.3 Å². The van der Waals surface area contributed by atoms with Crippen molar-refractivity contribution in [2.24, 2.45) is 0 Å². The zero-order valence-electron chi connectivity index (χ0n) is 9.89. The fourth-order valence-electron chi connectivity index (χ4n) is 1.03. The second-order valence-corrected chi connectivity index (χ2v) is 4.38. The summed E-state index contributed by atoms with van der Waals surface area (Å²) in [6.07, 6.45) is 2.19. The van der Waals surface area contributed by atoms with Gasteiger partial charge in [0.25, 0.3) is 0 Å². The van der Waals surface area contributed by atoms with E-state index in [0.29, 0.717) is 0 Å². The lowest BCUT2D eigenvalue weighted by Crippen LogP contribution is -2.23. The second-order valence-electron chi connectivity index (χ2n) is 4.38. The summed E-state index contributed by atoms with van der Waals surface area (Å²) in [5.74, 6) is -1.33. The summed E-state index contributed by atoms with van der Waals surface area (Å²) in [7, 11) is 0. The van der Waals surface area contributed by atoms with Crippen LogP contribution in [-0.4, -0.2) is 22.6 Å². The van der Waals surface area contributed by atoms with E-state index in [9.17, 15) is 9.59 Å². The monoisotopic (exact) mass is 238 g/mol. The summed E-state index contributed by atoms with van der Waals surface area (Å²) < 4.78 is 10.2. The topological polar surface area (TPSA) is 76.7 Å². The van der Waals surface area contributed by atoms with Gasteiger partial charge in [0, 0.05) is 6.08 Å². The summed E-state index contributed by atoms with van der Waals surface area (Å²) in [5, 5.41) is 8.42. The SMILES string of the molecule is CC(C)(C)OC(=O)c1ccc(/C=C/C(=O)O)o1. The number of esters is 1. The molecule has 5 nitrogen and oxygen atoms in total. The van der Waals surface area contributed by atoms with Crippen molar-refractivity contribution in [1.29, 1.82) is 0 Å². The molecule has 0 aromatic carbocycles. The molecule has 92 valence electrons. The third-order valence-corrected chi connectivity index (χ3v) is 1.62. The highest BCUT2D eigenvalue weighted by atomic mass is 16.6. The first-order valence-electron chi connectivity index (χ1n) is 5.02. The van der Waals surface area contributed by atoms with Crippen LogP contribution in [0.1, 0.15) is 37.1 Å². The lowest BCUT2D eigenvalue weighted by atomic mass is 10.2. The molecule has 0 spiro atoms. The van der Waals surface area contributed by atoms with E-state index in [-0.39, 0.29) is 11.5 Å². The van der Waals surface area contributed by atoms with E-state index in [1.165, 1.54) is 18.2 Å². The van der Waals surface area contributed by atoms with Crippen LogP contribution >= 0.6 is 0 Å². The number of furan rings is 1. The maximum absolute atomic E-state index is 11.6. The van der Waals surface area contributed by atoms with Gasteiger partial charge in [0.2, 0.25) is 5.76 Å². The van der Waals surface area contributed by atoms with Crippen LogP contribution in [0.5, 0.6) is 0 Å². The molecular formula is C12H14O5. The molecule has 0 aliphatic heterocycles. The number of carbonyl (C=O) groups excluding carboxylic acids is 1. The van der Waals surface area contributed by atoms with Gasteiger partial charge >= 0.3 is 11.9 Å². The van der Waals surface area contributed by atoms with Gasteiger partial charge in [-0.05, 0) is 39.0 Å². The largest absolute Gasteiger partial charge is 0.478 e. The molecule has 0 saturated heterocycles. The zero-order valence-corrected chi connectivity index (χ0v) is 9.89. The second kappa shape index (κ2) is 4.86. The number of rotatable bonds is 3. The molecule has 0 aliphatic rings. The van der Waals surface area contributed by atoms with E-state index in [1.807, 2.05) is 0 Å². The number of carboxylic acids is 1. The summed E-state index contributed by atoms with van der Waals surface area (Å²) >= 11 is 0. The third-order valence-electron chi connectivity index (χ3n) is 1.62. The number of carbonyl (C=O) groups is 2. The number of hydrogen-bond acceptors (Lipinski definition) is 4. The summed E-state index contributed by atoms with van der Waals surface area (Å²) in [6.45, 7) is 5.25. The number of carboxylic acid groups (broad SMARTS) is 1. The Morgan fingerprint density at radius 3 is 2.53 bits per heavy atom. The smallest absolute Gasteiger partial charge is 0.374 e. The first kappa shape index (κ1) is 13.0. The number of aliphatic carboxylic acids is 1. The van der Waals surface area contributed by atoms with Gasteiger partial charge in [-0.2, -0.15) is 0 Å². The Balaban J connectivity index is 2.74. The Morgan fingerprint density at radius 1 is 1.35 bits per heavy atom. The van der Waals surface area contributed by atoms with Crippen LogP contribution in [0.2, 0.25) is 0 Å². The molecule has 0 radical (unpaired) electrons. The lowest BCUT2D eigenvalue weighted by Gasteiger charge is -2.18. The molecule has 0 fully saturated rings. The molecule has 0 amide bonds. The Bertz CT molecular complexity index is 448. The highest BCUT2D eigenvalue weighted by Crippen LogP contribution is 2.15. The Kier molecular flexibility index (Phi) is 3.73. The molecule has 0 unspecified atom stereocenters. The highest BCUT2D eigenvalue weighted by molar-refractivity contribution is 5.88. The molecule has 5 heteroatoms. The molecule has 1 aromatic rings. The highest BCUT2D eigenvalue weighted by Gasteiger charge is 2.20. The minimum atomic E-state index is -1.08. The number of ether oxygens (including phenoxy) is 1. The predicted octanol–water partition coefficient (Wildman–Crippen LogP) is 2.33. The average molecular weight is 238 g/mol. The van der Waals surface area contributed by atoms with Gasteiger partial charge in [-0.1, -0.05) is 0 Å². The van der Waals surface area contributed by atoms with E-state index < -0.39 is 17.5 Å². The van der Waals surface area contributed by atoms with Crippen molar-refractivity contribution in [3.8, 4) is 0 Å². The van der Waals surface area contributed by atoms with Gasteiger partial charge in [0.1, 0.15) is 11.4 Å². The van der Waals surface area contributed by atoms with Gasteiger partial charge in [-0.15, -0.1) is 0 Å². The molecule has 1 aromatic heterocycles. The number of hydrogen-bond donors (Lipinski definition) is 1. The predicted molar refractivity (Wildman–Crippen MR) is 60.5 cm³/mol. The van der Waals surface area contributed by atoms with Crippen LogP contribution in [0.3, 0.4) is 0 Å². The minimum Gasteiger partial charge on any atom is -0.478 e. The first-order chi connectivity index (χ1) is 7.78. The van der Waals surface area contributed by atoms with Crippen molar-refractivity contribution < 1.29 is 23.8 Å². The Hall–Kier alpha value is -2.04.